The van der Waals surface area contributed by atoms with Gasteiger partial charge in [0.1, 0.15) is 5.75 Å². The van der Waals surface area contributed by atoms with Crippen LogP contribution in [0, 0.1) is 0 Å². The lowest BCUT2D eigenvalue weighted by molar-refractivity contribution is 0.402. The fourth-order valence-electron chi connectivity index (χ4n) is 5.32. The first-order valence-corrected chi connectivity index (χ1v) is 13.8. The maximum Gasteiger partial charge on any atom is 0.271 e. The fourth-order valence-corrected chi connectivity index (χ4v) is 7.07. The molecule has 0 fully saturated rings. The minimum Gasteiger partial charge on any atom is -0.496 e. The van der Waals surface area contributed by atoms with E-state index >= 15 is 0 Å². The van der Waals surface area contributed by atoms with Gasteiger partial charge in [0.25, 0.3) is 5.56 Å². The summed E-state index contributed by atoms with van der Waals surface area (Å²) in [6.07, 6.45) is 3.73. The van der Waals surface area contributed by atoms with Crippen LogP contribution in [-0.4, -0.2) is 25.8 Å². The molecule has 2 aliphatic rings. The molecule has 0 saturated heterocycles. The van der Waals surface area contributed by atoms with Crippen molar-refractivity contribution in [2.45, 2.75) is 18.9 Å². The summed E-state index contributed by atoms with van der Waals surface area (Å²) < 4.78 is 9.28. The van der Waals surface area contributed by atoms with Gasteiger partial charge < -0.3 is 9.64 Å². The molecule has 0 unspecified atom stereocenters. The molecule has 3 aromatic carbocycles. The highest BCUT2D eigenvalue weighted by atomic mass is 79.9. The Labute approximate surface area is 227 Å². The molecule has 6 rings (SSSR count). The Bertz CT molecular complexity index is 1750. The van der Waals surface area contributed by atoms with Crippen LogP contribution in [0.25, 0.3) is 11.8 Å². The van der Waals surface area contributed by atoms with Crippen LogP contribution in [0.4, 0.5) is 5.69 Å². The number of para-hydroxylation sites is 1. The van der Waals surface area contributed by atoms with Gasteiger partial charge in [-0.15, -0.1) is 0 Å². The Morgan fingerprint density at radius 1 is 1.08 bits per heavy atom. The number of nitrogens with zero attached hydrogens (tertiary/aromatic N) is 3. The topological polar surface area (TPSA) is 46.8 Å². The zero-order chi connectivity index (χ0) is 25.7. The van der Waals surface area contributed by atoms with E-state index in [1.54, 1.807) is 7.11 Å². The molecule has 0 spiro atoms. The summed E-state index contributed by atoms with van der Waals surface area (Å²) in [6, 6.07) is 22.3. The van der Waals surface area contributed by atoms with Crippen molar-refractivity contribution in [3.8, 4) is 5.75 Å². The third-order valence-corrected chi connectivity index (χ3v) is 8.68. The number of halogens is 1. The first kappa shape index (κ1) is 23.9. The van der Waals surface area contributed by atoms with Gasteiger partial charge in [-0.3, -0.25) is 9.36 Å². The van der Waals surface area contributed by atoms with E-state index in [1.165, 1.54) is 22.5 Å². The molecule has 1 atom stereocenters. The van der Waals surface area contributed by atoms with Crippen molar-refractivity contribution in [2.24, 2.45) is 4.99 Å². The quantitative estimate of drug-likeness (QED) is 0.340. The van der Waals surface area contributed by atoms with Crippen LogP contribution in [0.2, 0.25) is 0 Å². The van der Waals surface area contributed by atoms with E-state index in [1.807, 2.05) is 55.1 Å². The van der Waals surface area contributed by atoms with Crippen molar-refractivity contribution in [2.75, 3.05) is 26.1 Å². The standard InChI is InChI=1S/C30H26BrN3O2S/c1-33(2)24-15-12-18(16-23(24)31)17-26-29(35)34-28(21-10-6-7-11-25(21)36-3)22-14-13-19-8-4-5-9-20(19)27(22)32-30(34)37-26/h4-12,15-17,28H,13-14H2,1-3H3/b26-17-/t28-/m1/s1. The smallest absolute Gasteiger partial charge is 0.271 e. The fraction of sp³-hybridized carbons (Fsp3) is 0.200. The van der Waals surface area contributed by atoms with E-state index in [0.29, 0.717) is 9.33 Å². The molecule has 1 aliphatic carbocycles. The molecular formula is C30H26BrN3O2S. The van der Waals surface area contributed by atoms with Crippen LogP contribution in [0.1, 0.15) is 34.7 Å². The van der Waals surface area contributed by atoms with Gasteiger partial charge in [0.2, 0.25) is 0 Å². The molecule has 0 bridgehead atoms. The number of thiazole rings is 1. The Kier molecular flexibility index (Phi) is 6.13. The van der Waals surface area contributed by atoms with Gasteiger partial charge in [0, 0.05) is 29.7 Å². The molecular weight excluding hydrogens is 546 g/mol. The van der Waals surface area contributed by atoms with Crippen LogP contribution < -0.4 is 24.5 Å². The van der Waals surface area contributed by atoms with Gasteiger partial charge in [-0.25, -0.2) is 4.99 Å². The summed E-state index contributed by atoms with van der Waals surface area (Å²) >= 11 is 5.11. The van der Waals surface area contributed by atoms with Gasteiger partial charge in [0.15, 0.2) is 4.80 Å². The maximum absolute atomic E-state index is 14.0. The third-order valence-electron chi connectivity index (χ3n) is 7.06. The summed E-state index contributed by atoms with van der Waals surface area (Å²) in [5.74, 6) is 0.776. The van der Waals surface area contributed by atoms with Crippen LogP contribution in [-0.2, 0) is 6.42 Å². The van der Waals surface area contributed by atoms with Gasteiger partial charge in [-0.2, -0.15) is 0 Å². The highest BCUT2D eigenvalue weighted by Gasteiger charge is 2.33. The van der Waals surface area contributed by atoms with Crippen molar-refractivity contribution in [1.82, 2.24) is 4.57 Å². The van der Waals surface area contributed by atoms with E-state index in [-0.39, 0.29) is 11.6 Å². The second-order valence-electron chi connectivity index (χ2n) is 9.46. The average molecular weight is 573 g/mol. The minimum absolute atomic E-state index is 0.0297. The second kappa shape index (κ2) is 9.47. The number of fused-ring (bicyclic) bond motifs is 3. The van der Waals surface area contributed by atoms with Crippen molar-refractivity contribution in [1.29, 1.82) is 0 Å². The molecule has 7 heteroatoms. The lowest BCUT2D eigenvalue weighted by Gasteiger charge is -2.31. The number of allylic oxidation sites excluding steroid dienone is 1. The van der Waals surface area contributed by atoms with Crippen LogP contribution in [0.3, 0.4) is 0 Å². The summed E-state index contributed by atoms with van der Waals surface area (Å²) in [5.41, 5.74) is 7.62. The first-order valence-electron chi connectivity index (χ1n) is 12.2. The van der Waals surface area contributed by atoms with Crippen molar-refractivity contribution >= 4 is 44.7 Å². The van der Waals surface area contributed by atoms with Crippen molar-refractivity contribution < 1.29 is 4.74 Å². The highest BCUT2D eigenvalue weighted by Crippen LogP contribution is 2.43. The number of methoxy groups -OCH3 is 1. The second-order valence-corrected chi connectivity index (χ2v) is 11.3. The molecule has 1 aliphatic heterocycles. The van der Waals surface area contributed by atoms with Crippen molar-refractivity contribution in [3.63, 3.8) is 0 Å². The molecule has 4 aromatic rings. The van der Waals surface area contributed by atoms with Crippen LogP contribution in [0.15, 0.2) is 86.6 Å². The average Bonchev–Trinajstić information content (AvgIpc) is 3.21. The van der Waals surface area contributed by atoms with E-state index < -0.39 is 0 Å². The van der Waals surface area contributed by atoms with Crippen LogP contribution in [0.5, 0.6) is 5.75 Å². The zero-order valence-corrected chi connectivity index (χ0v) is 23.3. The number of hydrogen-bond acceptors (Lipinski definition) is 5. The van der Waals surface area contributed by atoms with Crippen molar-refractivity contribution in [3.05, 3.63) is 119 Å². The van der Waals surface area contributed by atoms with E-state index in [2.05, 4.69) is 57.2 Å². The monoisotopic (exact) mass is 571 g/mol. The number of benzene rings is 3. The molecule has 0 amide bonds. The van der Waals surface area contributed by atoms with E-state index in [9.17, 15) is 4.79 Å². The Morgan fingerprint density at radius 2 is 1.86 bits per heavy atom. The van der Waals surface area contributed by atoms with Crippen LogP contribution >= 0.6 is 27.3 Å². The SMILES string of the molecule is COc1ccccc1[C@@H]1C2=C(N=c3s/c(=C\c4ccc(N(C)C)c(Br)c4)c(=O)n31)c1ccccc1CC2. The Hall–Kier alpha value is -3.42. The number of ether oxygens (including phenoxy) is 1. The predicted octanol–water partition coefficient (Wildman–Crippen LogP) is 5.16. The molecule has 0 radical (unpaired) electrons. The van der Waals surface area contributed by atoms with E-state index in [0.717, 1.165) is 51.1 Å². The van der Waals surface area contributed by atoms with Gasteiger partial charge in [-0.1, -0.05) is 59.9 Å². The predicted molar refractivity (Wildman–Crippen MR) is 154 cm³/mol. The summed E-state index contributed by atoms with van der Waals surface area (Å²) in [5, 5.41) is 0. The molecule has 37 heavy (non-hydrogen) atoms. The minimum atomic E-state index is -0.263. The van der Waals surface area contributed by atoms with E-state index in [4.69, 9.17) is 9.73 Å². The third kappa shape index (κ3) is 4.06. The lowest BCUT2D eigenvalue weighted by Crippen LogP contribution is -2.39. The summed E-state index contributed by atoms with van der Waals surface area (Å²) in [7, 11) is 5.70. The van der Waals surface area contributed by atoms with Gasteiger partial charge in [-0.05, 0) is 69.7 Å². The molecule has 186 valence electrons. The summed E-state index contributed by atoms with van der Waals surface area (Å²) in [6.45, 7) is 0. The number of anilines is 1. The molecule has 0 saturated carbocycles. The highest BCUT2D eigenvalue weighted by molar-refractivity contribution is 9.10. The number of aromatic nitrogens is 1. The Balaban J connectivity index is 1.60. The summed E-state index contributed by atoms with van der Waals surface area (Å²) in [4.78, 5) is 21.8. The zero-order valence-electron chi connectivity index (χ0n) is 20.9. The largest absolute Gasteiger partial charge is 0.496 e. The lowest BCUT2D eigenvalue weighted by atomic mass is 9.83. The van der Waals surface area contributed by atoms with Gasteiger partial charge >= 0.3 is 0 Å². The molecule has 5 nitrogen and oxygen atoms in total. The first-order chi connectivity index (χ1) is 18.0. The van der Waals surface area contributed by atoms with Gasteiger partial charge in [0.05, 0.1) is 29.1 Å². The number of aryl methyl sites for hydroxylation is 1. The normalized spacial score (nSPS) is 16.5. The molecule has 1 aromatic heterocycles. The molecule has 0 N–H and O–H groups in total. The maximum atomic E-state index is 14.0. The number of hydrogen-bond donors (Lipinski definition) is 0. The number of rotatable bonds is 4. The molecule has 2 heterocycles. The Morgan fingerprint density at radius 3 is 2.65 bits per heavy atom.